The number of aromatic nitrogens is 7. The zero-order valence-electron chi connectivity index (χ0n) is 27.2. The van der Waals surface area contributed by atoms with E-state index in [1.807, 2.05) is 6.92 Å². The molecule has 6 rings (SSSR count). The van der Waals surface area contributed by atoms with Gasteiger partial charge in [0.25, 0.3) is 0 Å². The van der Waals surface area contributed by atoms with Crippen LogP contribution in [0.15, 0.2) is 24.4 Å². The summed E-state index contributed by atoms with van der Waals surface area (Å²) in [6.45, 7) is 1.09. The molecule has 2 N–H and O–H groups in total. The first-order valence-corrected chi connectivity index (χ1v) is 11.4. The second-order valence-corrected chi connectivity index (χ2v) is 9.87. The van der Waals surface area contributed by atoms with Gasteiger partial charge in [-0.05, 0) is 69.6 Å². The summed E-state index contributed by atoms with van der Waals surface area (Å²) in [4.78, 5) is 5.82. The molecule has 1 aromatic carbocycles. The highest BCUT2D eigenvalue weighted by molar-refractivity contribution is 5.70. The van der Waals surface area contributed by atoms with E-state index in [1.165, 1.54) is 24.4 Å². The van der Waals surface area contributed by atoms with E-state index in [2.05, 4.69) is 35.9 Å². The minimum absolute atomic E-state index is 0.0355. The molecular formula is C24H30FN9O. The lowest BCUT2D eigenvalue weighted by Gasteiger charge is -2.57. The number of anilines is 1. The van der Waals surface area contributed by atoms with Gasteiger partial charge in [-0.25, -0.2) is 9.37 Å². The fourth-order valence-electron chi connectivity index (χ4n) is 5.52. The van der Waals surface area contributed by atoms with Gasteiger partial charge in [-0.3, -0.25) is 0 Å². The van der Waals surface area contributed by atoms with Crippen LogP contribution >= 0.6 is 0 Å². The molecule has 0 radical (unpaired) electrons. The van der Waals surface area contributed by atoms with Gasteiger partial charge in [-0.2, -0.15) is 4.80 Å². The summed E-state index contributed by atoms with van der Waals surface area (Å²) in [5.41, 5.74) is -1.07. The van der Waals surface area contributed by atoms with Crippen molar-refractivity contribution in [2.24, 2.45) is 6.98 Å². The van der Waals surface area contributed by atoms with E-state index < -0.39 is 49.0 Å². The summed E-state index contributed by atoms with van der Waals surface area (Å²) in [6, 6.07) is 0.622. The van der Waals surface area contributed by atoms with E-state index in [-0.39, 0.29) is 40.8 Å². The first-order valence-electron chi connectivity index (χ1n) is 15.4. The smallest absolute Gasteiger partial charge is 0.205 e. The molecule has 1 saturated carbocycles. The third-order valence-corrected chi connectivity index (χ3v) is 7.13. The summed E-state index contributed by atoms with van der Waals surface area (Å²) in [5, 5.41) is 33.4. The zero-order valence-corrected chi connectivity index (χ0v) is 19.2. The highest BCUT2D eigenvalue weighted by Gasteiger charge is 2.55. The van der Waals surface area contributed by atoms with Crippen LogP contribution in [0.1, 0.15) is 63.2 Å². The van der Waals surface area contributed by atoms with Crippen LogP contribution in [0.2, 0.25) is 0 Å². The van der Waals surface area contributed by atoms with E-state index in [9.17, 15) is 5.11 Å². The van der Waals surface area contributed by atoms with Crippen LogP contribution < -0.4 is 10.2 Å². The maximum atomic E-state index is 16.3. The number of nitrogens with zero attached hydrogens (tertiary/aromatic N) is 8. The minimum atomic E-state index is -2.63. The quantitative estimate of drug-likeness (QED) is 0.560. The van der Waals surface area contributed by atoms with E-state index in [4.69, 9.17) is 11.0 Å². The van der Waals surface area contributed by atoms with Crippen LogP contribution in [-0.2, 0) is 6.98 Å². The number of hydrogen-bond acceptors (Lipinski definition) is 9. The molecule has 3 aliphatic rings. The summed E-state index contributed by atoms with van der Waals surface area (Å²) < 4.78 is 80.8. The number of phenols is 1. The molecule has 184 valence electrons. The van der Waals surface area contributed by atoms with Crippen LogP contribution in [0.4, 0.5) is 10.2 Å². The van der Waals surface area contributed by atoms with Crippen molar-refractivity contribution in [1.82, 2.24) is 40.7 Å². The highest BCUT2D eigenvalue weighted by atomic mass is 19.1. The number of piperidine rings is 2. The lowest BCUT2D eigenvalue weighted by molar-refractivity contribution is 0.000258. The van der Waals surface area contributed by atoms with Crippen molar-refractivity contribution >= 4 is 5.82 Å². The van der Waals surface area contributed by atoms with Gasteiger partial charge >= 0.3 is 0 Å². The number of benzene rings is 1. The minimum Gasteiger partial charge on any atom is -0.507 e. The number of aromatic hydroxyl groups is 1. The number of rotatable bonds is 5. The Bertz CT molecular complexity index is 1560. The van der Waals surface area contributed by atoms with Crippen molar-refractivity contribution in [1.29, 1.82) is 0 Å². The van der Waals surface area contributed by atoms with Gasteiger partial charge in [0.15, 0.2) is 11.6 Å². The van der Waals surface area contributed by atoms with E-state index in [1.54, 1.807) is 6.92 Å². The number of tetrazole rings is 1. The average molecular weight is 488 g/mol. The van der Waals surface area contributed by atoms with E-state index in [0.717, 1.165) is 17.7 Å². The van der Waals surface area contributed by atoms with Gasteiger partial charge < -0.3 is 15.3 Å². The highest BCUT2D eigenvalue weighted by Crippen LogP contribution is 2.46. The maximum absolute atomic E-state index is 16.3. The van der Waals surface area contributed by atoms with Gasteiger partial charge in [0.1, 0.15) is 11.9 Å². The summed E-state index contributed by atoms with van der Waals surface area (Å²) >= 11 is 0. The predicted molar refractivity (Wildman–Crippen MR) is 127 cm³/mol. The Balaban J connectivity index is 1.35. The Morgan fingerprint density at radius 3 is 2.80 bits per heavy atom. The van der Waals surface area contributed by atoms with Crippen molar-refractivity contribution in [3.63, 3.8) is 0 Å². The lowest BCUT2D eigenvalue weighted by atomic mass is 9.68. The molecule has 1 aliphatic carbocycles. The topological polar surface area (TPSA) is 118 Å². The first kappa shape index (κ1) is 15.0. The van der Waals surface area contributed by atoms with Crippen molar-refractivity contribution < 1.29 is 20.5 Å². The summed E-state index contributed by atoms with van der Waals surface area (Å²) in [6.07, 6.45) is -3.42. The average Bonchev–Trinajstić information content (AvgIpc) is 3.29. The summed E-state index contributed by atoms with van der Waals surface area (Å²) in [5.74, 6) is -0.556. The number of fused-ring (bicyclic) bond motifs is 2. The Labute approximate surface area is 214 Å². The molecular weight excluding hydrogens is 449 g/mol. The van der Waals surface area contributed by atoms with Crippen LogP contribution in [0, 0.1) is 0 Å². The van der Waals surface area contributed by atoms with Gasteiger partial charge in [0.2, 0.25) is 5.82 Å². The fourth-order valence-corrected chi connectivity index (χ4v) is 5.52. The van der Waals surface area contributed by atoms with Gasteiger partial charge in [-0.15, -0.1) is 20.4 Å². The number of hydrogen-bond donors (Lipinski definition) is 2. The molecule has 2 saturated heterocycles. The molecule has 11 heteroatoms. The van der Waals surface area contributed by atoms with Crippen molar-refractivity contribution in [3.05, 3.63) is 24.4 Å². The first-order chi connectivity index (χ1) is 19.8. The Kier molecular flexibility index (Phi) is 3.39. The third-order valence-electron chi connectivity index (χ3n) is 7.13. The molecule has 4 atom stereocenters. The summed E-state index contributed by atoms with van der Waals surface area (Å²) in [7, 11) is 0. The van der Waals surface area contributed by atoms with Crippen molar-refractivity contribution in [3.8, 4) is 28.5 Å². The largest absolute Gasteiger partial charge is 0.507 e. The Morgan fingerprint density at radius 2 is 2.11 bits per heavy atom. The number of halogens is 1. The number of aryl methyl sites for hydroxylation is 1. The Hall–Kier alpha value is -3.21. The zero-order chi connectivity index (χ0) is 31.4. The molecule has 0 spiro atoms. The van der Waals surface area contributed by atoms with E-state index >= 15 is 4.39 Å². The third kappa shape index (κ3) is 3.91. The molecule has 2 aromatic heterocycles. The van der Waals surface area contributed by atoms with E-state index in [0.29, 0.717) is 11.2 Å². The number of nitrogens with one attached hydrogen (secondary N) is 1. The molecule has 2 aliphatic heterocycles. The molecule has 35 heavy (non-hydrogen) atoms. The van der Waals surface area contributed by atoms with Crippen LogP contribution in [0.5, 0.6) is 5.75 Å². The van der Waals surface area contributed by atoms with Crippen LogP contribution in [-0.4, -0.2) is 69.8 Å². The Morgan fingerprint density at radius 1 is 1.26 bits per heavy atom. The molecule has 2 bridgehead atoms. The molecule has 0 unspecified atom stereocenters. The van der Waals surface area contributed by atoms with Crippen molar-refractivity contribution in [2.75, 3.05) is 4.90 Å². The monoisotopic (exact) mass is 487 g/mol. The number of phenolic OH excluding ortho intramolecular Hbond substituents is 1. The van der Waals surface area contributed by atoms with Crippen LogP contribution in [0.3, 0.4) is 0 Å². The van der Waals surface area contributed by atoms with Gasteiger partial charge in [0.05, 0.1) is 26.1 Å². The van der Waals surface area contributed by atoms with Gasteiger partial charge in [0, 0.05) is 32.3 Å². The van der Waals surface area contributed by atoms with Crippen LogP contribution in [0.25, 0.3) is 22.8 Å². The normalized spacial score (nSPS) is 37.8. The van der Waals surface area contributed by atoms with Crippen molar-refractivity contribution in [2.45, 2.75) is 81.6 Å². The molecule has 3 fully saturated rings. The second-order valence-electron chi connectivity index (χ2n) is 9.87. The maximum Gasteiger partial charge on any atom is 0.205 e. The standard InChI is InChI=1S/C24H30FN9O/c1-23-9-4-10-24(2,31-23)20(25)17(12-23)34(15-6-7-15)19-13-26-22(28-27-19)16-8-5-14(11-18(16)35)21-29-32-33(3)30-21/h5,8,11,13,15,17,20,31,35H,4,6-7,9-10,12H2,1-3H3/t17-,20-,23-,24+/m0/s1/i3D3,6D2,7D2,15D. The number of alkyl halides is 1. The molecule has 3 aromatic rings. The predicted octanol–water partition coefficient (Wildman–Crippen LogP) is 2.80. The second kappa shape index (κ2) is 7.91. The van der Waals surface area contributed by atoms with Gasteiger partial charge in [-0.1, -0.05) is 6.07 Å². The SMILES string of the molecule is [2H]C([2H])([2H])n1nnc(-c2ccc(-c3ncc(N([C@H]4C[C@]5(C)CCC[C@@](C)(N5)[C@H]4F)C4([2H])C([2H])([2H])C4([2H])[2H])nn3)c(O)c2)n1. The molecule has 0 amide bonds. The fraction of sp³-hybridized carbons (Fsp3) is 0.583. The lowest BCUT2D eigenvalue weighted by Crippen LogP contribution is -2.73. The molecule has 4 heterocycles. The molecule has 10 nitrogen and oxygen atoms in total.